The Labute approximate surface area is 119 Å². The van der Waals surface area contributed by atoms with E-state index in [1.165, 1.54) is 0 Å². The van der Waals surface area contributed by atoms with Crippen molar-refractivity contribution in [2.24, 2.45) is 5.92 Å². The molecule has 0 unspecified atom stereocenters. The predicted molar refractivity (Wildman–Crippen MR) is 74.4 cm³/mol. The first-order chi connectivity index (χ1) is 9.33. The number of nitrogens with zero attached hydrogens (tertiary/aromatic N) is 3. The van der Waals surface area contributed by atoms with Gasteiger partial charge in [-0.05, 0) is 46.5 Å². The van der Waals surface area contributed by atoms with Gasteiger partial charge in [-0.3, -0.25) is 4.79 Å². The third-order valence-corrected chi connectivity index (χ3v) is 3.28. The zero-order chi connectivity index (χ0) is 14.8. The molecule has 2 heterocycles. The Morgan fingerprint density at radius 1 is 1.40 bits per heavy atom. The van der Waals surface area contributed by atoms with Crippen molar-refractivity contribution < 1.29 is 14.1 Å². The average Bonchev–Trinajstić information content (AvgIpc) is 2.74. The summed E-state index contributed by atoms with van der Waals surface area (Å²) in [5, 5.41) is 3.80. The number of carbonyl (C=O) groups excluding carboxylic acids is 1. The number of anilines is 1. The maximum absolute atomic E-state index is 11.8. The van der Waals surface area contributed by atoms with Crippen molar-refractivity contribution in [2.75, 3.05) is 18.0 Å². The van der Waals surface area contributed by atoms with Crippen LogP contribution in [0.25, 0.3) is 0 Å². The number of ether oxygens (including phenoxy) is 1. The molecule has 6 nitrogen and oxygen atoms in total. The standard InChI is InChI=1S/C14H23N3O3/c1-10-15-13(20-16-10)17-7-5-11(6-8-17)9-12(18)19-14(2,3)4/h11H,5-9H2,1-4H3. The van der Waals surface area contributed by atoms with Crippen molar-refractivity contribution in [3.05, 3.63) is 5.82 Å². The first-order valence-electron chi connectivity index (χ1n) is 7.10. The van der Waals surface area contributed by atoms with Gasteiger partial charge in [-0.1, -0.05) is 5.16 Å². The highest BCUT2D eigenvalue weighted by Gasteiger charge is 2.26. The summed E-state index contributed by atoms with van der Waals surface area (Å²) in [6.07, 6.45) is 2.38. The Bertz CT molecular complexity index is 456. The van der Waals surface area contributed by atoms with Gasteiger partial charge in [0.2, 0.25) is 0 Å². The number of piperidine rings is 1. The molecule has 0 aromatic carbocycles. The summed E-state index contributed by atoms with van der Waals surface area (Å²) in [5.41, 5.74) is -0.404. The van der Waals surface area contributed by atoms with Crippen molar-refractivity contribution >= 4 is 12.0 Å². The van der Waals surface area contributed by atoms with E-state index < -0.39 is 5.60 Å². The first-order valence-corrected chi connectivity index (χ1v) is 7.10. The lowest BCUT2D eigenvalue weighted by atomic mass is 9.94. The van der Waals surface area contributed by atoms with Gasteiger partial charge in [0.15, 0.2) is 5.82 Å². The molecule has 20 heavy (non-hydrogen) atoms. The Hall–Kier alpha value is -1.59. The van der Waals surface area contributed by atoms with Crippen molar-refractivity contribution in [3.8, 4) is 0 Å². The summed E-state index contributed by atoms with van der Waals surface area (Å²) in [5.74, 6) is 0.922. The highest BCUT2D eigenvalue weighted by atomic mass is 16.6. The zero-order valence-corrected chi connectivity index (χ0v) is 12.7. The third-order valence-electron chi connectivity index (χ3n) is 3.28. The normalized spacial score (nSPS) is 17.3. The average molecular weight is 281 g/mol. The molecule has 0 N–H and O–H groups in total. The molecule has 1 aliphatic heterocycles. The molecule has 0 spiro atoms. The molecule has 0 saturated carbocycles. The second-order valence-electron chi connectivity index (χ2n) is 6.35. The van der Waals surface area contributed by atoms with Crippen LogP contribution in [0.15, 0.2) is 4.52 Å². The molecule has 1 aliphatic rings. The van der Waals surface area contributed by atoms with Crippen LogP contribution >= 0.6 is 0 Å². The Morgan fingerprint density at radius 3 is 2.55 bits per heavy atom. The molecule has 1 fully saturated rings. The second kappa shape index (κ2) is 5.81. The number of rotatable bonds is 3. The number of aromatic nitrogens is 2. The molecule has 0 aliphatic carbocycles. The molecule has 0 radical (unpaired) electrons. The fraction of sp³-hybridized carbons (Fsp3) is 0.786. The van der Waals surface area contributed by atoms with Crippen molar-refractivity contribution in [1.82, 2.24) is 10.1 Å². The largest absolute Gasteiger partial charge is 0.460 e. The van der Waals surface area contributed by atoms with Crippen LogP contribution < -0.4 is 4.90 Å². The molecule has 6 heteroatoms. The molecule has 1 saturated heterocycles. The van der Waals surface area contributed by atoms with Crippen molar-refractivity contribution in [1.29, 1.82) is 0 Å². The van der Waals surface area contributed by atoms with Gasteiger partial charge in [-0.2, -0.15) is 4.98 Å². The quantitative estimate of drug-likeness (QED) is 0.792. The topological polar surface area (TPSA) is 68.5 Å². The molecule has 0 amide bonds. The number of carbonyl (C=O) groups is 1. The van der Waals surface area contributed by atoms with E-state index in [1.54, 1.807) is 0 Å². The van der Waals surface area contributed by atoms with E-state index in [1.807, 2.05) is 27.7 Å². The Balaban J connectivity index is 1.78. The fourth-order valence-corrected chi connectivity index (χ4v) is 2.36. The Morgan fingerprint density at radius 2 is 2.05 bits per heavy atom. The minimum atomic E-state index is -0.404. The van der Waals surface area contributed by atoms with Crippen LogP contribution in [0.5, 0.6) is 0 Å². The Kier molecular flexibility index (Phi) is 4.30. The van der Waals surface area contributed by atoms with Gasteiger partial charge in [0.1, 0.15) is 5.60 Å². The van der Waals surface area contributed by atoms with Crippen LogP contribution in [-0.2, 0) is 9.53 Å². The molecule has 1 aromatic rings. The van der Waals surface area contributed by atoms with Gasteiger partial charge < -0.3 is 14.2 Å². The van der Waals surface area contributed by atoms with E-state index in [0.717, 1.165) is 25.9 Å². The lowest BCUT2D eigenvalue weighted by Crippen LogP contribution is -2.35. The molecule has 112 valence electrons. The summed E-state index contributed by atoms with van der Waals surface area (Å²) in [4.78, 5) is 18.1. The van der Waals surface area contributed by atoms with Gasteiger partial charge in [0.05, 0.1) is 0 Å². The smallest absolute Gasteiger partial charge is 0.324 e. The molecule has 2 rings (SSSR count). The van der Waals surface area contributed by atoms with E-state index in [4.69, 9.17) is 9.26 Å². The predicted octanol–water partition coefficient (Wildman–Crippen LogP) is 2.33. The molecule has 0 bridgehead atoms. The second-order valence-corrected chi connectivity index (χ2v) is 6.35. The van der Waals surface area contributed by atoms with Gasteiger partial charge in [-0.15, -0.1) is 0 Å². The summed E-state index contributed by atoms with van der Waals surface area (Å²) in [6, 6.07) is 0.582. The van der Waals surface area contributed by atoms with Gasteiger partial charge >= 0.3 is 12.0 Å². The van der Waals surface area contributed by atoms with Gasteiger partial charge in [-0.25, -0.2) is 0 Å². The van der Waals surface area contributed by atoms with E-state index in [2.05, 4.69) is 15.0 Å². The number of hydrogen-bond acceptors (Lipinski definition) is 6. The van der Waals surface area contributed by atoms with Gasteiger partial charge in [0, 0.05) is 19.5 Å². The number of aryl methyl sites for hydroxylation is 1. The highest BCUT2D eigenvalue weighted by molar-refractivity contribution is 5.70. The molecular formula is C14H23N3O3. The summed E-state index contributed by atoms with van der Waals surface area (Å²) >= 11 is 0. The van der Waals surface area contributed by atoms with Crippen LogP contribution in [-0.4, -0.2) is 34.8 Å². The van der Waals surface area contributed by atoms with Crippen LogP contribution in [0, 0.1) is 12.8 Å². The lowest BCUT2D eigenvalue weighted by molar-refractivity contribution is -0.156. The van der Waals surface area contributed by atoms with Gasteiger partial charge in [0.25, 0.3) is 0 Å². The van der Waals surface area contributed by atoms with E-state index in [0.29, 0.717) is 24.2 Å². The summed E-state index contributed by atoms with van der Waals surface area (Å²) < 4.78 is 10.5. The summed E-state index contributed by atoms with van der Waals surface area (Å²) in [6.45, 7) is 9.18. The number of hydrogen-bond donors (Lipinski definition) is 0. The minimum absolute atomic E-state index is 0.107. The van der Waals surface area contributed by atoms with Crippen molar-refractivity contribution in [3.63, 3.8) is 0 Å². The van der Waals surface area contributed by atoms with Crippen LogP contribution in [0.1, 0.15) is 45.9 Å². The molecule has 0 atom stereocenters. The maximum Gasteiger partial charge on any atom is 0.324 e. The highest BCUT2D eigenvalue weighted by Crippen LogP contribution is 2.25. The monoisotopic (exact) mass is 281 g/mol. The number of esters is 1. The van der Waals surface area contributed by atoms with E-state index in [-0.39, 0.29) is 5.97 Å². The van der Waals surface area contributed by atoms with Crippen molar-refractivity contribution in [2.45, 2.75) is 52.6 Å². The van der Waals surface area contributed by atoms with Crippen LogP contribution in [0.2, 0.25) is 0 Å². The third kappa shape index (κ3) is 4.21. The van der Waals surface area contributed by atoms with Crippen LogP contribution in [0.4, 0.5) is 6.01 Å². The zero-order valence-electron chi connectivity index (χ0n) is 12.7. The first kappa shape index (κ1) is 14.8. The summed E-state index contributed by atoms with van der Waals surface area (Å²) in [7, 11) is 0. The lowest BCUT2D eigenvalue weighted by Gasteiger charge is -2.30. The fourth-order valence-electron chi connectivity index (χ4n) is 2.36. The molecular weight excluding hydrogens is 258 g/mol. The van der Waals surface area contributed by atoms with E-state index >= 15 is 0 Å². The minimum Gasteiger partial charge on any atom is -0.460 e. The molecule has 1 aromatic heterocycles. The SMILES string of the molecule is Cc1noc(N2CCC(CC(=O)OC(C)(C)C)CC2)n1. The van der Waals surface area contributed by atoms with E-state index in [9.17, 15) is 4.79 Å². The van der Waals surface area contributed by atoms with Crippen LogP contribution in [0.3, 0.4) is 0 Å². The maximum atomic E-state index is 11.8.